The zero-order chi connectivity index (χ0) is 15.4. The van der Waals surface area contributed by atoms with Gasteiger partial charge >= 0.3 is 7.25 Å². The van der Waals surface area contributed by atoms with Crippen LogP contribution in [0.2, 0.25) is 0 Å². The molecule has 0 aromatic heterocycles. The minimum Gasteiger partial charge on any atom is -0.418 e. The van der Waals surface area contributed by atoms with Crippen molar-refractivity contribution >= 4 is 7.25 Å². The maximum Gasteiger partial charge on any atom is 0.673 e. The van der Waals surface area contributed by atoms with Gasteiger partial charge in [-0.3, -0.25) is 0 Å². The highest BCUT2D eigenvalue weighted by molar-refractivity contribution is 6.50. The van der Waals surface area contributed by atoms with Crippen LogP contribution in [0.5, 0.6) is 0 Å². The van der Waals surface area contributed by atoms with Gasteiger partial charge in [-0.1, -0.05) is 40.0 Å². The van der Waals surface area contributed by atoms with Crippen LogP contribution in [0.1, 0.15) is 78.6 Å². The maximum atomic E-state index is 9.75. The van der Waals surface area contributed by atoms with Gasteiger partial charge in [0, 0.05) is 19.3 Å². The van der Waals surface area contributed by atoms with Crippen LogP contribution in [-0.4, -0.2) is 12.8 Å². The van der Waals surface area contributed by atoms with Crippen LogP contribution in [0.15, 0.2) is 0 Å². The molecule has 0 unspecified atom stereocenters. The summed E-state index contributed by atoms with van der Waals surface area (Å²) in [5, 5.41) is 0. The van der Waals surface area contributed by atoms with Crippen molar-refractivity contribution in [1.82, 2.24) is 0 Å². The molecule has 0 aliphatic carbocycles. The number of hydrogen-bond donors (Lipinski definition) is 1. The summed E-state index contributed by atoms with van der Waals surface area (Å²) >= 11 is 0. The Morgan fingerprint density at radius 2 is 0.947 bits per heavy atom. The lowest BCUT2D eigenvalue weighted by Crippen LogP contribution is -2.72. The quantitative estimate of drug-likeness (QED) is 0.464. The van der Waals surface area contributed by atoms with Gasteiger partial charge in [-0.25, -0.2) is 0 Å². The molecule has 0 bridgehead atoms. The first-order valence-electron chi connectivity index (χ1n) is 7.41. The second kappa shape index (κ2) is 11.6. The molecule has 0 amide bonds. The molecule has 118 valence electrons. The number of hydrogen-bond acceptors (Lipinski definition) is 0. The number of rotatable bonds is 9. The van der Waals surface area contributed by atoms with E-state index < -0.39 is 7.25 Å². The average Bonchev–Trinajstić information content (AvgIpc) is 2.30. The van der Waals surface area contributed by atoms with Crippen molar-refractivity contribution < 1.29 is 23.0 Å². The summed E-state index contributed by atoms with van der Waals surface area (Å²) in [6.07, 6.45) is 12.0. The van der Waals surface area contributed by atoms with Crippen LogP contribution in [0.3, 0.4) is 0 Å². The van der Waals surface area contributed by atoms with Crippen LogP contribution < -0.4 is 5.73 Å². The van der Waals surface area contributed by atoms with E-state index in [0.29, 0.717) is 5.54 Å². The summed E-state index contributed by atoms with van der Waals surface area (Å²) in [5.74, 6) is 0. The van der Waals surface area contributed by atoms with Crippen molar-refractivity contribution in [1.29, 1.82) is 0 Å². The lowest BCUT2D eigenvalue weighted by atomic mass is 9.84. The Labute approximate surface area is 115 Å². The van der Waals surface area contributed by atoms with Gasteiger partial charge in [0.1, 0.15) is 0 Å². The average molecular weight is 287 g/mol. The molecular formula is C13H30BF4N. The molecule has 0 aliphatic rings. The second-order valence-electron chi connectivity index (χ2n) is 5.31. The van der Waals surface area contributed by atoms with Gasteiger partial charge in [0.15, 0.2) is 0 Å². The third-order valence-corrected chi connectivity index (χ3v) is 3.18. The van der Waals surface area contributed by atoms with Crippen LogP contribution in [-0.2, 0) is 0 Å². The summed E-state index contributed by atoms with van der Waals surface area (Å²) in [7, 11) is -6.00. The van der Waals surface area contributed by atoms with Crippen molar-refractivity contribution in [3.63, 3.8) is 0 Å². The Balaban J connectivity index is 0. The SMILES string of the molecule is CCCCC([NH3+])(CCCC)CCCC.F[B-](F)(F)F. The molecule has 0 aromatic rings. The van der Waals surface area contributed by atoms with Crippen LogP contribution in [0, 0.1) is 0 Å². The number of quaternary nitrogens is 1. The Morgan fingerprint density at radius 3 is 1.11 bits per heavy atom. The first-order valence-corrected chi connectivity index (χ1v) is 7.41. The lowest BCUT2D eigenvalue weighted by molar-refractivity contribution is -0.484. The predicted molar refractivity (Wildman–Crippen MR) is 74.4 cm³/mol. The number of halogens is 4. The molecule has 1 nitrogen and oxygen atoms in total. The molecule has 0 spiro atoms. The van der Waals surface area contributed by atoms with E-state index in [9.17, 15) is 17.3 Å². The van der Waals surface area contributed by atoms with Gasteiger partial charge in [0.25, 0.3) is 0 Å². The zero-order valence-corrected chi connectivity index (χ0v) is 12.7. The molecule has 0 fully saturated rings. The van der Waals surface area contributed by atoms with E-state index >= 15 is 0 Å². The van der Waals surface area contributed by atoms with Crippen LogP contribution in [0.25, 0.3) is 0 Å². The summed E-state index contributed by atoms with van der Waals surface area (Å²) in [5.41, 5.74) is 4.89. The van der Waals surface area contributed by atoms with Gasteiger partial charge in [0.2, 0.25) is 0 Å². The van der Waals surface area contributed by atoms with Crippen molar-refractivity contribution in [3.05, 3.63) is 0 Å². The van der Waals surface area contributed by atoms with Gasteiger partial charge < -0.3 is 23.0 Å². The fraction of sp³-hybridized carbons (Fsp3) is 1.00. The van der Waals surface area contributed by atoms with Gasteiger partial charge in [-0.2, -0.15) is 0 Å². The molecule has 0 saturated heterocycles. The van der Waals surface area contributed by atoms with E-state index in [2.05, 4.69) is 26.5 Å². The van der Waals surface area contributed by atoms with Crippen LogP contribution >= 0.6 is 0 Å². The van der Waals surface area contributed by atoms with Gasteiger partial charge in [0.05, 0.1) is 5.54 Å². The lowest BCUT2D eigenvalue weighted by Gasteiger charge is -2.25. The van der Waals surface area contributed by atoms with E-state index in [1.54, 1.807) is 0 Å². The Morgan fingerprint density at radius 1 is 0.737 bits per heavy atom. The Kier molecular flexibility index (Phi) is 12.8. The Hall–Kier alpha value is -0.255. The fourth-order valence-corrected chi connectivity index (χ4v) is 2.03. The summed E-state index contributed by atoms with van der Waals surface area (Å²) < 4.78 is 39.0. The van der Waals surface area contributed by atoms with Crippen molar-refractivity contribution in [3.8, 4) is 0 Å². The number of unbranched alkanes of at least 4 members (excludes halogenated alkanes) is 3. The topological polar surface area (TPSA) is 27.6 Å². The zero-order valence-electron chi connectivity index (χ0n) is 12.7. The fourth-order valence-electron chi connectivity index (χ4n) is 2.03. The molecule has 0 rings (SSSR count). The standard InChI is InChI=1S/C13H29N.BF4/c1-4-7-10-13(14,11-8-5-2)12-9-6-3;2-1(3,4)5/h4-12,14H2,1-3H3;/q;-1/p+1. The minimum absolute atomic E-state index is 0.405. The molecule has 19 heavy (non-hydrogen) atoms. The maximum absolute atomic E-state index is 9.75. The molecule has 0 aromatic carbocycles. The summed E-state index contributed by atoms with van der Waals surface area (Å²) in [6, 6.07) is 0. The second-order valence-corrected chi connectivity index (χ2v) is 5.31. The molecule has 0 atom stereocenters. The van der Waals surface area contributed by atoms with Crippen LogP contribution in [0.4, 0.5) is 17.3 Å². The Bertz CT molecular complexity index is 170. The van der Waals surface area contributed by atoms with E-state index in [1.165, 1.54) is 57.8 Å². The van der Waals surface area contributed by atoms with E-state index in [0.717, 1.165) is 0 Å². The highest BCUT2D eigenvalue weighted by atomic mass is 19.5. The highest BCUT2D eigenvalue weighted by Gasteiger charge is 2.26. The largest absolute Gasteiger partial charge is 0.673 e. The normalized spacial score (nSPS) is 12.0. The molecule has 0 radical (unpaired) electrons. The van der Waals surface area contributed by atoms with Crippen molar-refractivity contribution in [2.24, 2.45) is 0 Å². The third kappa shape index (κ3) is 20.2. The van der Waals surface area contributed by atoms with Crippen molar-refractivity contribution in [2.75, 3.05) is 0 Å². The van der Waals surface area contributed by atoms with Gasteiger partial charge in [-0.05, 0) is 19.3 Å². The molecular weight excluding hydrogens is 257 g/mol. The predicted octanol–water partition coefficient (Wildman–Crippen LogP) is 4.84. The molecule has 6 heteroatoms. The summed E-state index contributed by atoms with van der Waals surface area (Å²) in [6.45, 7) is 6.83. The molecule has 0 saturated carbocycles. The van der Waals surface area contributed by atoms with E-state index in [-0.39, 0.29) is 0 Å². The first kappa shape index (κ1) is 21.1. The highest BCUT2D eigenvalue weighted by Crippen LogP contribution is 2.22. The monoisotopic (exact) mass is 287 g/mol. The molecule has 0 aliphatic heterocycles. The molecule has 0 heterocycles. The molecule has 3 N–H and O–H groups in total. The van der Waals surface area contributed by atoms with Gasteiger partial charge in [-0.15, -0.1) is 0 Å². The summed E-state index contributed by atoms with van der Waals surface area (Å²) in [4.78, 5) is 0. The van der Waals surface area contributed by atoms with E-state index in [1.807, 2.05) is 0 Å². The smallest absolute Gasteiger partial charge is 0.418 e. The third-order valence-electron chi connectivity index (χ3n) is 3.18. The first-order chi connectivity index (χ1) is 8.68. The minimum atomic E-state index is -6.00. The van der Waals surface area contributed by atoms with E-state index in [4.69, 9.17) is 0 Å². The van der Waals surface area contributed by atoms with Crippen molar-refractivity contribution in [2.45, 2.75) is 84.1 Å².